The smallest absolute Gasteiger partial charge is 0.347 e. The number of ether oxygens (including phenoxy) is 3. The number of allylic oxidation sites excluding steroid dienone is 3. The lowest BCUT2D eigenvalue weighted by Crippen LogP contribution is -2.28. The monoisotopic (exact) mass is 788 g/mol. The zero-order chi connectivity index (χ0) is 40.0. The molecule has 280 valence electrons. The molecule has 1 atom stereocenters. The fourth-order valence-electron chi connectivity index (χ4n) is 7.13. The normalized spacial score (nSPS) is 14.2. The number of methoxy groups -OCH3 is 1. The fourth-order valence-corrected chi connectivity index (χ4v) is 7.76. The van der Waals surface area contributed by atoms with Crippen LogP contribution in [0.25, 0.3) is 0 Å². The lowest BCUT2D eigenvalue weighted by Gasteiger charge is -2.26. The second kappa shape index (κ2) is 15.5. The first-order chi connectivity index (χ1) is 24.7. The average molecular weight is 790 g/mol. The molecule has 0 aliphatic heterocycles. The number of carboxylic acids is 1. The van der Waals surface area contributed by atoms with Gasteiger partial charge >= 0.3 is 17.9 Å². The highest BCUT2D eigenvalue weighted by atomic mass is 79.9. The van der Waals surface area contributed by atoms with Crippen molar-refractivity contribution in [2.75, 3.05) is 7.11 Å². The number of aryl methyl sites for hydroxylation is 1. The molecule has 0 amide bonds. The van der Waals surface area contributed by atoms with Crippen LogP contribution in [0.5, 0.6) is 17.2 Å². The molecule has 11 heteroatoms. The standard InChI is InChI=1S/C42H45BrO10/c1-13-27-29(44)14-17(2)33(39(27)51-12)30(45)16-28-19(4)21(6)35(37(46)36(28)43)42(50)52-31-15-18(3)32(22(7)20(31)5)41(49)53-38-25(10)23(8)34(40(47)48)24(9)26(38)11/h14-15,33,46H,13,16H2,1-12H3,(H,47,48). The lowest BCUT2D eigenvalue weighted by molar-refractivity contribution is -0.121. The number of esters is 2. The zero-order valence-electron chi connectivity index (χ0n) is 32.2. The Morgan fingerprint density at radius 3 is 1.81 bits per heavy atom. The molecular weight excluding hydrogens is 744 g/mol. The second-order valence-electron chi connectivity index (χ2n) is 13.6. The Morgan fingerprint density at radius 1 is 0.755 bits per heavy atom. The van der Waals surface area contributed by atoms with Gasteiger partial charge in [-0.3, -0.25) is 9.59 Å². The van der Waals surface area contributed by atoms with Gasteiger partial charge in [-0.2, -0.15) is 0 Å². The number of ketones is 2. The molecule has 0 fully saturated rings. The molecule has 4 rings (SSSR count). The van der Waals surface area contributed by atoms with Gasteiger partial charge in [0, 0.05) is 12.0 Å². The molecule has 0 spiro atoms. The van der Waals surface area contributed by atoms with E-state index in [-0.39, 0.29) is 50.6 Å². The molecule has 3 aromatic rings. The van der Waals surface area contributed by atoms with Crippen LogP contribution in [0.4, 0.5) is 0 Å². The van der Waals surface area contributed by atoms with Crippen LogP contribution >= 0.6 is 15.9 Å². The average Bonchev–Trinajstić information content (AvgIpc) is 3.08. The molecular formula is C42H45BrO10. The largest absolute Gasteiger partial charge is 0.506 e. The van der Waals surface area contributed by atoms with Gasteiger partial charge in [-0.1, -0.05) is 12.5 Å². The highest BCUT2D eigenvalue weighted by molar-refractivity contribution is 9.10. The Bertz CT molecular complexity index is 2140. The molecule has 0 saturated carbocycles. The molecule has 3 aromatic carbocycles. The van der Waals surface area contributed by atoms with Crippen LogP contribution in [0.1, 0.15) is 107 Å². The summed E-state index contributed by atoms with van der Waals surface area (Å²) in [5.74, 6) is -3.32. The first-order valence-corrected chi connectivity index (χ1v) is 17.9. The number of hydrogen-bond acceptors (Lipinski definition) is 9. The van der Waals surface area contributed by atoms with Crippen LogP contribution in [0.3, 0.4) is 0 Å². The quantitative estimate of drug-likeness (QED) is 0.151. The number of carbonyl (C=O) groups is 5. The Morgan fingerprint density at radius 2 is 1.28 bits per heavy atom. The van der Waals surface area contributed by atoms with Gasteiger partial charge < -0.3 is 24.4 Å². The van der Waals surface area contributed by atoms with Crippen molar-refractivity contribution in [1.82, 2.24) is 0 Å². The third kappa shape index (κ3) is 7.19. The Kier molecular flexibility index (Phi) is 11.9. The number of halogens is 1. The number of hydrogen-bond donors (Lipinski definition) is 2. The Balaban J connectivity index is 1.66. The van der Waals surface area contributed by atoms with Gasteiger partial charge in [-0.05, 0) is 159 Å². The van der Waals surface area contributed by atoms with Crippen LogP contribution in [0.2, 0.25) is 0 Å². The van der Waals surface area contributed by atoms with E-state index in [9.17, 15) is 34.2 Å². The van der Waals surface area contributed by atoms with E-state index < -0.39 is 23.8 Å². The molecule has 0 bridgehead atoms. The first kappa shape index (κ1) is 40.7. The highest BCUT2D eigenvalue weighted by Crippen LogP contribution is 2.41. The Hall–Kier alpha value is -5.03. The molecule has 1 aliphatic rings. The van der Waals surface area contributed by atoms with E-state index in [1.54, 1.807) is 75.3 Å². The van der Waals surface area contributed by atoms with Crippen molar-refractivity contribution in [3.63, 3.8) is 0 Å². The van der Waals surface area contributed by atoms with Crippen molar-refractivity contribution in [3.8, 4) is 17.2 Å². The number of aromatic carboxylic acids is 1. The summed E-state index contributed by atoms with van der Waals surface area (Å²) in [5, 5.41) is 21.1. The number of carbonyl (C=O) groups excluding carboxylic acids is 4. The van der Waals surface area contributed by atoms with E-state index in [0.29, 0.717) is 84.7 Å². The van der Waals surface area contributed by atoms with Crippen molar-refractivity contribution >= 4 is 45.4 Å². The summed E-state index contributed by atoms with van der Waals surface area (Å²) < 4.78 is 17.5. The number of phenols is 1. The van der Waals surface area contributed by atoms with Crippen LogP contribution in [0, 0.1) is 68.2 Å². The minimum atomic E-state index is -1.06. The van der Waals surface area contributed by atoms with Gasteiger partial charge in [0.15, 0.2) is 11.6 Å². The maximum Gasteiger partial charge on any atom is 0.347 e. The number of rotatable bonds is 10. The number of benzene rings is 3. The molecule has 1 unspecified atom stereocenters. The van der Waals surface area contributed by atoms with Crippen molar-refractivity contribution < 1.29 is 48.4 Å². The lowest BCUT2D eigenvalue weighted by atomic mass is 9.81. The van der Waals surface area contributed by atoms with Gasteiger partial charge in [0.05, 0.1) is 28.6 Å². The molecule has 0 aromatic heterocycles. The predicted octanol–water partition coefficient (Wildman–Crippen LogP) is 8.63. The van der Waals surface area contributed by atoms with E-state index in [1.807, 2.05) is 6.92 Å². The summed E-state index contributed by atoms with van der Waals surface area (Å²) in [6, 6.07) is 1.55. The predicted molar refractivity (Wildman–Crippen MR) is 203 cm³/mol. The van der Waals surface area contributed by atoms with E-state index >= 15 is 0 Å². The van der Waals surface area contributed by atoms with Crippen LogP contribution in [-0.2, 0) is 20.7 Å². The van der Waals surface area contributed by atoms with Crippen LogP contribution in [0.15, 0.2) is 33.5 Å². The molecule has 0 saturated heterocycles. The summed E-state index contributed by atoms with van der Waals surface area (Å²) in [6.45, 7) is 18.8. The minimum absolute atomic E-state index is 0.0876. The third-order valence-corrected chi connectivity index (χ3v) is 11.5. The summed E-state index contributed by atoms with van der Waals surface area (Å²) in [4.78, 5) is 65.6. The van der Waals surface area contributed by atoms with Crippen LogP contribution in [-0.4, -0.2) is 46.8 Å². The highest BCUT2D eigenvalue weighted by Gasteiger charge is 2.35. The van der Waals surface area contributed by atoms with Gasteiger partial charge in [-0.25, -0.2) is 14.4 Å². The number of aromatic hydroxyl groups is 1. The molecule has 53 heavy (non-hydrogen) atoms. The van der Waals surface area contributed by atoms with Gasteiger partial charge in [0.1, 0.15) is 28.6 Å². The van der Waals surface area contributed by atoms with Crippen molar-refractivity contribution in [2.45, 2.75) is 89.0 Å². The first-order valence-electron chi connectivity index (χ1n) is 17.1. The number of phenolic OH excluding ortho intramolecular Hbond substituents is 1. The second-order valence-corrected chi connectivity index (χ2v) is 14.4. The fraction of sp³-hybridized carbons (Fsp3) is 0.357. The van der Waals surface area contributed by atoms with E-state index in [2.05, 4.69) is 15.9 Å². The maximum absolute atomic E-state index is 13.8. The van der Waals surface area contributed by atoms with Crippen LogP contribution < -0.4 is 9.47 Å². The van der Waals surface area contributed by atoms with E-state index in [4.69, 9.17) is 14.2 Å². The number of carboxylic acid groups (broad SMARTS) is 1. The molecule has 0 radical (unpaired) electrons. The van der Waals surface area contributed by atoms with Gasteiger partial charge in [0.2, 0.25) is 0 Å². The minimum Gasteiger partial charge on any atom is -0.506 e. The summed E-state index contributed by atoms with van der Waals surface area (Å²) in [6.07, 6.45) is 1.75. The zero-order valence-corrected chi connectivity index (χ0v) is 33.8. The van der Waals surface area contributed by atoms with E-state index in [1.165, 1.54) is 13.2 Å². The SMILES string of the molecule is CCC1=C(OC)C(C(=O)Cc2c(C)c(C)c(C(=O)Oc3cc(C)c(C(=O)Oc4c(C)c(C)c(C(=O)O)c(C)c4C)c(C)c3C)c(O)c2Br)C(C)=CC1=O. The maximum atomic E-state index is 13.8. The van der Waals surface area contributed by atoms with Gasteiger partial charge in [0.25, 0.3) is 0 Å². The van der Waals surface area contributed by atoms with Crippen molar-refractivity contribution in [3.05, 3.63) is 106 Å². The topological polar surface area (TPSA) is 154 Å². The molecule has 1 aliphatic carbocycles. The van der Waals surface area contributed by atoms with Crippen molar-refractivity contribution in [1.29, 1.82) is 0 Å². The molecule has 2 N–H and O–H groups in total. The summed E-state index contributed by atoms with van der Waals surface area (Å²) >= 11 is 3.42. The van der Waals surface area contributed by atoms with Gasteiger partial charge in [-0.15, -0.1) is 0 Å². The van der Waals surface area contributed by atoms with Crippen molar-refractivity contribution in [2.24, 2.45) is 5.92 Å². The Labute approximate surface area is 318 Å². The molecule has 10 nitrogen and oxygen atoms in total. The third-order valence-electron chi connectivity index (χ3n) is 10.6. The number of Topliss-reactive ketones (excluding diaryl/α,β-unsaturated/α-hetero) is 1. The summed E-state index contributed by atoms with van der Waals surface area (Å²) in [5.41, 5.74) is 6.45. The van der Waals surface area contributed by atoms with E-state index in [0.717, 1.165) is 0 Å². The molecule has 0 heterocycles. The summed E-state index contributed by atoms with van der Waals surface area (Å²) in [7, 11) is 1.44.